The monoisotopic (exact) mass is 271 g/mol. The lowest BCUT2D eigenvalue weighted by molar-refractivity contribution is -0.117. The van der Waals surface area contributed by atoms with Gasteiger partial charge < -0.3 is 14.8 Å². The van der Waals surface area contributed by atoms with Crippen LogP contribution < -0.4 is 5.32 Å². The van der Waals surface area contributed by atoms with Gasteiger partial charge in [-0.05, 0) is 12.3 Å². The van der Waals surface area contributed by atoms with Crippen molar-refractivity contribution in [2.45, 2.75) is 13.0 Å². The van der Waals surface area contributed by atoms with E-state index in [9.17, 15) is 4.79 Å². The molecule has 0 heterocycles. The molecule has 102 valence electrons. The summed E-state index contributed by atoms with van der Waals surface area (Å²) >= 11 is 1.71. The number of rotatable bonds is 6. The quantitative estimate of drug-likeness (QED) is 0.745. The molecule has 0 aliphatic heterocycles. The zero-order valence-corrected chi connectivity index (χ0v) is 12.2. The van der Waals surface area contributed by atoms with Crippen LogP contribution in [0.4, 0.5) is 0 Å². The molecule has 0 radical (unpaired) electrons. The molecule has 4 nitrogen and oxygen atoms in total. The average Bonchev–Trinajstić information content (AvgIpc) is 2.37. The highest BCUT2D eigenvalue weighted by molar-refractivity contribution is 7.98. The summed E-state index contributed by atoms with van der Waals surface area (Å²) in [6, 6.07) is 0. The van der Waals surface area contributed by atoms with Gasteiger partial charge in [-0.25, -0.2) is 0 Å². The molecule has 0 saturated carbocycles. The predicted molar refractivity (Wildman–Crippen MR) is 74.5 cm³/mol. The van der Waals surface area contributed by atoms with Crippen LogP contribution in [0.2, 0.25) is 0 Å². The van der Waals surface area contributed by atoms with E-state index in [0.29, 0.717) is 17.9 Å². The van der Waals surface area contributed by atoms with E-state index in [2.05, 4.69) is 5.32 Å². The van der Waals surface area contributed by atoms with Crippen molar-refractivity contribution in [3.63, 3.8) is 0 Å². The third kappa shape index (κ3) is 3.78. The van der Waals surface area contributed by atoms with Gasteiger partial charge >= 0.3 is 0 Å². The summed E-state index contributed by atoms with van der Waals surface area (Å²) in [6.07, 6.45) is 5.58. The molecule has 18 heavy (non-hydrogen) atoms. The maximum atomic E-state index is 11.9. The Morgan fingerprint density at radius 1 is 1.50 bits per heavy atom. The smallest absolute Gasteiger partial charge is 0.251 e. The molecule has 1 rings (SSSR count). The van der Waals surface area contributed by atoms with Crippen molar-refractivity contribution >= 4 is 17.7 Å². The minimum atomic E-state index is -0.113. The SMILES string of the molecule is COC1=CC(C(=O)NCCSC)=CC(C)C1OC. The number of nitrogens with one attached hydrogen (secondary N) is 1. The van der Waals surface area contributed by atoms with Crippen LogP contribution in [0, 0.1) is 5.92 Å². The van der Waals surface area contributed by atoms with Crippen LogP contribution in [0.1, 0.15) is 6.92 Å². The molecule has 1 N–H and O–H groups in total. The van der Waals surface area contributed by atoms with Crippen LogP contribution in [0.5, 0.6) is 0 Å². The van der Waals surface area contributed by atoms with Gasteiger partial charge in [-0.1, -0.05) is 13.0 Å². The lowest BCUT2D eigenvalue weighted by atomic mass is 9.93. The zero-order valence-electron chi connectivity index (χ0n) is 11.4. The molecule has 5 heteroatoms. The molecule has 0 aromatic heterocycles. The summed E-state index contributed by atoms with van der Waals surface area (Å²) in [7, 11) is 3.24. The fraction of sp³-hybridized carbons (Fsp3) is 0.615. The number of hydrogen-bond donors (Lipinski definition) is 1. The van der Waals surface area contributed by atoms with E-state index in [1.54, 1.807) is 32.1 Å². The van der Waals surface area contributed by atoms with Gasteiger partial charge in [0, 0.05) is 30.9 Å². The molecular formula is C13H21NO3S. The Bertz CT molecular complexity index is 352. The maximum absolute atomic E-state index is 11.9. The molecule has 2 atom stereocenters. The first-order valence-electron chi connectivity index (χ1n) is 5.91. The summed E-state index contributed by atoms with van der Waals surface area (Å²) in [5.74, 6) is 1.68. The highest BCUT2D eigenvalue weighted by Crippen LogP contribution is 2.25. The molecule has 1 aliphatic carbocycles. The molecule has 0 fully saturated rings. The van der Waals surface area contributed by atoms with Crippen LogP contribution in [-0.4, -0.2) is 44.8 Å². The Labute approximate surface area is 113 Å². The summed E-state index contributed by atoms with van der Waals surface area (Å²) in [6.45, 7) is 2.69. The van der Waals surface area contributed by atoms with Crippen molar-refractivity contribution in [3.05, 3.63) is 23.5 Å². The Hall–Kier alpha value is -0.940. The van der Waals surface area contributed by atoms with Crippen molar-refractivity contribution in [1.82, 2.24) is 5.32 Å². The Kier molecular flexibility index (Phi) is 6.29. The van der Waals surface area contributed by atoms with Crippen molar-refractivity contribution < 1.29 is 14.3 Å². The van der Waals surface area contributed by atoms with Gasteiger partial charge in [0.25, 0.3) is 5.91 Å². The number of ether oxygens (including phenoxy) is 2. The normalized spacial score (nSPS) is 23.1. The average molecular weight is 271 g/mol. The lowest BCUT2D eigenvalue weighted by Crippen LogP contribution is -2.31. The fourth-order valence-electron chi connectivity index (χ4n) is 1.93. The fourth-order valence-corrected chi connectivity index (χ4v) is 2.24. The second-order valence-corrected chi connectivity index (χ2v) is 5.12. The Morgan fingerprint density at radius 3 is 2.78 bits per heavy atom. The molecule has 0 aromatic rings. The molecule has 0 bridgehead atoms. The maximum Gasteiger partial charge on any atom is 0.251 e. The highest BCUT2D eigenvalue weighted by atomic mass is 32.2. The van der Waals surface area contributed by atoms with Gasteiger partial charge in [0.15, 0.2) is 0 Å². The van der Waals surface area contributed by atoms with E-state index in [0.717, 1.165) is 5.75 Å². The minimum absolute atomic E-state index is 0.0556. The third-order valence-electron chi connectivity index (χ3n) is 2.84. The number of methoxy groups -OCH3 is 2. The molecular weight excluding hydrogens is 250 g/mol. The standard InChI is InChI=1S/C13H21NO3S/c1-9-7-10(13(15)14-5-6-18-4)8-11(16-2)12(9)17-3/h7-9,12H,5-6H2,1-4H3,(H,14,15). The van der Waals surface area contributed by atoms with Gasteiger partial charge in [-0.15, -0.1) is 0 Å². The summed E-state index contributed by atoms with van der Waals surface area (Å²) in [5.41, 5.74) is 0.647. The number of hydrogen-bond acceptors (Lipinski definition) is 4. The van der Waals surface area contributed by atoms with E-state index in [1.165, 1.54) is 0 Å². The molecule has 0 saturated heterocycles. The summed E-state index contributed by atoms with van der Waals surface area (Å²) in [4.78, 5) is 11.9. The first-order chi connectivity index (χ1) is 8.63. The van der Waals surface area contributed by atoms with Gasteiger partial charge in [-0.2, -0.15) is 11.8 Å². The van der Waals surface area contributed by atoms with Crippen LogP contribution >= 0.6 is 11.8 Å². The Morgan fingerprint density at radius 2 is 2.22 bits per heavy atom. The lowest BCUT2D eigenvalue weighted by Gasteiger charge is -2.26. The molecule has 1 aliphatic rings. The number of thioether (sulfide) groups is 1. The van der Waals surface area contributed by atoms with Gasteiger partial charge in [-0.3, -0.25) is 4.79 Å². The van der Waals surface area contributed by atoms with Crippen LogP contribution in [0.25, 0.3) is 0 Å². The van der Waals surface area contributed by atoms with E-state index >= 15 is 0 Å². The van der Waals surface area contributed by atoms with Crippen molar-refractivity contribution in [3.8, 4) is 0 Å². The molecule has 2 unspecified atom stereocenters. The van der Waals surface area contributed by atoms with Crippen LogP contribution in [0.3, 0.4) is 0 Å². The molecule has 0 spiro atoms. The van der Waals surface area contributed by atoms with E-state index in [1.807, 2.05) is 19.3 Å². The molecule has 0 aromatic carbocycles. The van der Waals surface area contributed by atoms with Gasteiger partial charge in [0.05, 0.1) is 7.11 Å². The largest absolute Gasteiger partial charge is 0.498 e. The van der Waals surface area contributed by atoms with E-state index in [4.69, 9.17) is 9.47 Å². The Balaban J connectivity index is 2.72. The van der Waals surface area contributed by atoms with Crippen molar-refractivity contribution in [2.24, 2.45) is 5.92 Å². The van der Waals surface area contributed by atoms with Crippen LogP contribution in [0.15, 0.2) is 23.5 Å². The topological polar surface area (TPSA) is 47.6 Å². The van der Waals surface area contributed by atoms with E-state index in [-0.39, 0.29) is 17.9 Å². The highest BCUT2D eigenvalue weighted by Gasteiger charge is 2.27. The predicted octanol–water partition coefficient (Wildman–Crippen LogP) is 1.59. The second-order valence-electron chi connectivity index (χ2n) is 4.14. The third-order valence-corrected chi connectivity index (χ3v) is 3.45. The first-order valence-corrected chi connectivity index (χ1v) is 7.30. The van der Waals surface area contributed by atoms with Gasteiger partial charge in [0.2, 0.25) is 0 Å². The van der Waals surface area contributed by atoms with Gasteiger partial charge in [0.1, 0.15) is 11.9 Å². The van der Waals surface area contributed by atoms with Crippen molar-refractivity contribution in [1.29, 1.82) is 0 Å². The zero-order chi connectivity index (χ0) is 13.5. The van der Waals surface area contributed by atoms with E-state index < -0.39 is 0 Å². The second kappa shape index (κ2) is 7.48. The summed E-state index contributed by atoms with van der Waals surface area (Å²) < 4.78 is 10.6. The van der Waals surface area contributed by atoms with Crippen molar-refractivity contribution in [2.75, 3.05) is 32.8 Å². The number of carbonyl (C=O) groups is 1. The minimum Gasteiger partial charge on any atom is -0.498 e. The number of carbonyl (C=O) groups excluding carboxylic acids is 1. The first kappa shape index (κ1) is 15.1. The molecule has 1 amide bonds. The summed E-state index contributed by atoms with van der Waals surface area (Å²) in [5, 5.41) is 2.88. The van der Waals surface area contributed by atoms with Crippen LogP contribution in [-0.2, 0) is 14.3 Å². The number of amides is 1.